The van der Waals surface area contributed by atoms with Gasteiger partial charge in [-0.2, -0.15) is 9.29 Å². The number of benzene rings is 1. The van der Waals surface area contributed by atoms with E-state index in [-0.39, 0.29) is 10.8 Å². The van der Waals surface area contributed by atoms with Gasteiger partial charge in [0.1, 0.15) is 4.90 Å². The molecule has 0 bridgehead atoms. The Morgan fingerprint density at radius 2 is 1.89 bits per heavy atom. The highest BCUT2D eigenvalue weighted by Crippen LogP contribution is 2.30. The van der Waals surface area contributed by atoms with Gasteiger partial charge in [-0.1, -0.05) is 29.4 Å². The quantitative estimate of drug-likeness (QED) is 0.699. The van der Waals surface area contributed by atoms with E-state index in [9.17, 15) is 8.42 Å². The van der Waals surface area contributed by atoms with Gasteiger partial charge < -0.3 is 10.3 Å². The molecular formula is C19H21N5O3S. The van der Waals surface area contributed by atoms with Crippen LogP contribution in [0.15, 0.2) is 58.2 Å². The predicted molar refractivity (Wildman–Crippen MR) is 103 cm³/mol. The summed E-state index contributed by atoms with van der Waals surface area (Å²) in [7, 11) is -3.52. The third-order valence-corrected chi connectivity index (χ3v) is 6.85. The second-order valence-electron chi connectivity index (χ2n) is 6.72. The van der Waals surface area contributed by atoms with E-state index >= 15 is 0 Å². The highest BCUT2D eigenvalue weighted by Gasteiger charge is 2.32. The Morgan fingerprint density at radius 3 is 2.54 bits per heavy atom. The minimum absolute atomic E-state index is 0.0462. The molecule has 8 nitrogen and oxygen atoms in total. The van der Waals surface area contributed by atoms with Crippen LogP contribution in [0.4, 0.5) is 0 Å². The third kappa shape index (κ3) is 3.68. The summed E-state index contributed by atoms with van der Waals surface area (Å²) < 4.78 is 32.3. The molecule has 3 heterocycles. The van der Waals surface area contributed by atoms with Gasteiger partial charge in [0.2, 0.25) is 21.7 Å². The number of sulfonamides is 1. The highest BCUT2D eigenvalue weighted by molar-refractivity contribution is 7.89. The molecule has 0 saturated carbocycles. The standard InChI is InChI=1S/C19H21N5O3S/c20-12-14-3-5-15(6-4-14)18-22-19(27-23-18)16-7-10-24(11-8-16)28(25,26)17-2-1-9-21-13-17/h1-6,9,13,16H,7-8,10-12,20H2. The first-order valence-corrected chi connectivity index (χ1v) is 10.5. The number of nitrogens with two attached hydrogens (primary N) is 1. The minimum Gasteiger partial charge on any atom is -0.339 e. The van der Waals surface area contributed by atoms with Crippen molar-refractivity contribution >= 4 is 10.0 Å². The van der Waals surface area contributed by atoms with Crippen LogP contribution in [0.25, 0.3) is 11.4 Å². The van der Waals surface area contributed by atoms with Crippen LogP contribution in [0.2, 0.25) is 0 Å². The van der Waals surface area contributed by atoms with Gasteiger partial charge in [0.05, 0.1) is 0 Å². The number of piperidine rings is 1. The molecule has 3 aromatic rings. The molecule has 0 amide bonds. The molecule has 28 heavy (non-hydrogen) atoms. The van der Waals surface area contributed by atoms with Crippen LogP contribution in [-0.4, -0.2) is 40.9 Å². The molecule has 1 saturated heterocycles. The van der Waals surface area contributed by atoms with Crippen molar-refractivity contribution in [3.05, 3.63) is 60.2 Å². The van der Waals surface area contributed by atoms with Crippen molar-refractivity contribution in [1.82, 2.24) is 19.4 Å². The van der Waals surface area contributed by atoms with Crippen molar-refractivity contribution in [3.8, 4) is 11.4 Å². The van der Waals surface area contributed by atoms with Gasteiger partial charge in [0, 0.05) is 43.5 Å². The summed E-state index contributed by atoms with van der Waals surface area (Å²) in [6, 6.07) is 10.9. The van der Waals surface area contributed by atoms with Gasteiger partial charge in [-0.25, -0.2) is 8.42 Å². The average Bonchev–Trinajstić information content (AvgIpc) is 3.25. The Kier molecular flexibility index (Phi) is 5.21. The van der Waals surface area contributed by atoms with Gasteiger partial charge in [0.25, 0.3) is 0 Å². The lowest BCUT2D eigenvalue weighted by Gasteiger charge is -2.29. The van der Waals surface area contributed by atoms with Gasteiger partial charge in [-0.3, -0.25) is 4.98 Å². The third-order valence-electron chi connectivity index (χ3n) is 4.96. The molecule has 146 valence electrons. The average molecular weight is 399 g/mol. The van der Waals surface area contributed by atoms with Gasteiger partial charge in [-0.15, -0.1) is 0 Å². The van der Waals surface area contributed by atoms with Crippen molar-refractivity contribution in [2.75, 3.05) is 13.1 Å². The van der Waals surface area contributed by atoms with Crippen molar-refractivity contribution in [1.29, 1.82) is 0 Å². The predicted octanol–water partition coefficient (Wildman–Crippen LogP) is 2.16. The van der Waals surface area contributed by atoms with Crippen LogP contribution >= 0.6 is 0 Å². The molecule has 2 N–H and O–H groups in total. The summed E-state index contributed by atoms with van der Waals surface area (Å²) >= 11 is 0. The largest absolute Gasteiger partial charge is 0.339 e. The smallest absolute Gasteiger partial charge is 0.244 e. The summed E-state index contributed by atoms with van der Waals surface area (Å²) in [5.41, 5.74) is 7.52. The van der Waals surface area contributed by atoms with Crippen molar-refractivity contribution in [2.45, 2.75) is 30.2 Å². The number of hydrogen-bond donors (Lipinski definition) is 1. The number of aromatic nitrogens is 3. The van der Waals surface area contributed by atoms with Crippen molar-refractivity contribution in [2.24, 2.45) is 5.73 Å². The first kappa shape index (κ1) is 18.7. The summed E-state index contributed by atoms with van der Waals surface area (Å²) in [5.74, 6) is 1.13. The summed E-state index contributed by atoms with van der Waals surface area (Å²) in [4.78, 5) is 8.64. The first-order valence-electron chi connectivity index (χ1n) is 9.11. The summed E-state index contributed by atoms with van der Waals surface area (Å²) in [6.45, 7) is 1.30. The zero-order valence-corrected chi connectivity index (χ0v) is 16.0. The molecule has 1 aliphatic heterocycles. The monoisotopic (exact) mass is 399 g/mol. The van der Waals surface area contributed by atoms with E-state index in [2.05, 4.69) is 15.1 Å². The fourth-order valence-electron chi connectivity index (χ4n) is 3.30. The molecule has 2 aromatic heterocycles. The number of rotatable bonds is 5. The zero-order chi connectivity index (χ0) is 19.6. The van der Waals surface area contributed by atoms with Gasteiger partial charge in [0.15, 0.2) is 0 Å². The molecular weight excluding hydrogens is 378 g/mol. The maximum Gasteiger partial charge on any atom is 0.244 e. The molecule has 1 aromatic carbocycles. The maximum absolute atomic E-state index is 12.7. The Labute approximate surface area is 163 Å². The number of pyridine rings is 1. The fraction of sp³-hybridized carbons (Fsp3) is 0.316. The normalized spacial score (nSPS) is 16.3. The van der Waals surface area contributed by atoms with Crippen molar-refractivity contribution < 1.29 is 12.9 Å². The highest BCUT2D eigenvalue weighted by atomic mass is 32.2. The van der Waals surface area contributed by atoms with E-state index < -0.39 is 10.0 Å². The molecule has 0 unspecified atom stereocenters. The Morgan fingerprint density at radius 1 is 1.14 bits per heavy atom. The van der Waals surface area contributed by atoms with E-state index in [1.54, 1.807) is 18.3 Å². The van der Waals surface area contributed by atoms with Crippen LogP contribution in [0.1, 0.15) is 30.2 Å². The molecule has 0 radical (unpaired) electrons. The van der Waals surface area contributed by atoms with Crippen LogP contribution in [0, 0.1) is 0 Å². The topological polar surface area (TPSA) is 115 Å². The van der Waals surface area contributed by atoms with E-state index in [0.717, 1.165) is 11.1 Å². The second kappa shape index (κ2) is 7.78. The molecule has 1 aliphatic rings. The van der Waals surface area contributed by atoms with E-state index in [1.807, 2.05) is 24.3 Å². The molecule has 0 spiro atoms. The number of hydrogen-bond acceptors (Lipinski definition) is 7. The Hall–Kier alpha value is -2.62. The minimum atomic E-state index is -3.52. The molecule has 1 fully saturated rings. The SMILES string of the molecule is NCc1ccc(-c2noc(C3CCN(S(=O)(=O)c4cccnc4)CC3)n2)cc1. The van der Waals surface area contributed by atoms with E-state index in [1.165, 1.54) is 10.5 Å². The maximum atomic E-state index is 12.7. The fourth-order valence-corrected chi connectivity index (χ4v) is 4.73. The Balaban J connectivity index is 1.44. The van der Waals surface area contributed by atoms with Crippen LogP contribution in [0.3, 0.4) is 0 Å². The Bertz CT molecular complexity index is 1030. The lowest BCUT2D eigenvalue weighted by molar-refractivity contribution is 0.270. The van der Waals surface area contributed by atoms with Crippen LogP contribution in [-0.2, 0) is 16.6 Å². The molecule has 9 heteroatoms. The summed E-state index contributed by atoms with van der Waals surface area (Å²) in [5, 5.41) is 4.08. The van der Waals surface area contributed by atoms with Crippen LogP contribution in [0.5, 0.6) is 0 Å². The number of nitrogens with zero attached hydrogens (tertiary/aromatic N) is 4. The zero-order valence-electron chi connectivity index (χ0n) is 15.2. The second-order valence-corrected chi connectivity index (χ2v) is 8.66. The van der Waals surface area contributed by atoms with Gasteiger partial charge in [-0.05, 0) is 30.5 Å². The molecule has 4 rings (SSSR count). The van der Waals surface area contributed by atoms with E-state index in [4.69, 9.17) is 10.3 Å². The van der Waals surface area contributed by atoms with E-state index in [0.29, 0.717) is 44.2 Å². The molecule has 0 aliphatic carbocycles. The van der Waals surface area contributed by atoms with Crippen LogP contribution < -0.4 is 5.73 Å². The molecule has 0 atom stereocenters. The van der Waals surface area contributed by atoms with Crippen molar-refractivity contribution in [3.63, 3.8) is 0 Å². The lowest BCUT2D eigenvalue weighted by atomic mass is 9.98. The summed E-state index contributed by atoms with van der Waals surface area (Å²) in [6.07, 6.45) is 4.20. The first-order chi connectivity index (χ1) is 13.6. The van der Waals surface area contributed by atoms with Gasteiger partial charge >= 0.3 is 0 Å². The lowest BCUT2D eigenvalue weighted by Crippen LogP contribution is -2.38.